The number of nitrogens with zero attached hydrogens (tertiary/aromatic N) is 2. The van der Waals surface area contributed by atoms with Crippen molar-refractivity contribution in [1.82, 2.24) is 15.1 Å². The molecule has 0 unspecified atom stereocenters. The van der Waals surface area contributed by atoms with Crippen LogP contribution in [0.2, 0.25) is 5.15 Å². The first-order valence-corrected chi connectivity index (χ1v) is 7.98. The Hall–Kier alpha value is -1.82. The molecule has 0 aromatic carbocycles. The topological polar surface area (TPSA) is 73.2 Å². The van der Waals surface area contributed by atoms with E-state index in [-0.39, 0.29) is 18.3 Å². The molecule has 0 aliphatic heterocycles. The second kappa shape index (κ2) is 9.35. The minimum atomic E-state index is -0.283. The van der Waals surface area contributed by atoms with Crippen LogP contribution in [0.15, 0.2) is 6.08 Å². The van der Waals surface area contributed by atoms with Crippen LogP contribution in [0.1, 0.15) is 37.9 Å². The molecule has 1 N–H and O–H groups in total. The smallest absolute Gasteiger partial charge is 0.305 e. The van der Waals surface area contributed by atoms with Crippen molar-refractivity contribution in [3.63, 3.8) is 0 Å². The highest BCUT2D eigenvalue weighted by Gasteiger charge is 2.12. The summed E-state index contributed by atoms with van der Waals surface area (Å²) >= 11 is 6.30. The van der Waals surface area contributed by atoms with Gasteiger partial charge in [-0.05, 0) is 25.3 Å². The second-order valence-electron chi connectivity index (χ2n) is 5.67. The fourth-order valence-electron chi connectivity index (χ4n) is 1.99. The Morgan fingerprint density at radius 2 is 2.13 bits per heavy atom. The number of rotatable bonds is 8. The van der Waals surface area contributed by atoms with E-state index in [2.05, 4.69) is 29.0 Å². The molecule has 0 saturated carbocycles. The molecule has 23 heavy (non-hydrogen) atoms. The van der Waals surface area contributed by atoms with Gasteiger partial charge in [-0.1, -0.05) is 25.4 Å². The predicted molar refractivity (Wildman–Crippen MR) is 90.1 cm³/mol. The van der Waals surface area contributed by atoms with E-state index in [4.69, 9.17) is 11.6 Å². The standard InChI is InChI=1S/C16H24ClN3O3/c1-11(2)10-20-16(17)13(12(3)19-20)7-8-14(21)18-9-5-6-15(22)23-4/h7-8,11H,5-6,9-10H2,1-4H3,(H,18,21)/b8-7+. The van der Waals surface area contributed by atoms with E-state index in [1.807, 2.05) is 6.92 Å². The summed E-state index contributed by atoms with van der Waals surface area (Å²) in [5, 5.41) is 7.62. The molecule has 1 rings (SSSR count). The lowest BCUT2D eigenvalue weighted by atomic mass is 10.2. The van der Waals surface area contributed by atoms with Crippen molar-refractivity contribution in [2.45, 2.75) is 40.2 Å². The van der Waals surface area contributed by atoms with Crippen molar-refractivity contribution in [3.8, 4) is 0 Å². The molecule has 0 fully saturated rings. The summed E-state index contributed by atoms with van der Waals surface area (Å²) in [7, 11) is 1.34. The third-order valence-corrected chi connectivity index (χ3v) is 3.53. The van der Waals surface area contributed by atoms with Gasteiger partial charge in [0.05, 0.1) is 12.8 Å². The number of aryl methyl sites for hydroxylation is 1. The number of amides is 1. The SMILES string of the molecule is COC(=O)CCCNC(=O)/C=C/c1c(C)nn(CC(C)C)c1Cl. The molecule has 0 bridgehead atoms. The van der Waals surface area contributed by atoms with Crippen LogP contribution in [0.3, 0.4) is 0 Å². The summed E-state index contributed by atoms with van der Waals surface area (Å²) in [6, 6.07) is 0. The Kier molecular flexibility index (Phi) is 7.81. The number of carbonyl (C=O) groups excluding carboxylic acids is 2. The van der Waals surface area contributed by atoms with Crippen molar-refractivity contribution in [2.75, 3.05) is 13.7 Å². The number of ether oxygens (including phenoxy) is 1. The third-order valence-electron chi connectivity index (χ3n) is 3.13. The predicted octanol–water partition coefficient (Wildman–Crippen LogP) is 2.58. The second-order valence-corrected chi connectivity index (χ2v) is 6.03. The zero-order valence-electron chi connectivity index (χ0n) is 14.1. The first-order chi connectivity index (χ1) is 10.8. The Bertz CT molecular complexity index is 579. The van der Waals surface area contributed by atoms with E-state index in [1.54, 1.807) is 10.8 Å². The van der Waals surface area contributed by atoms with Gasteiger partial charge in [-0.15, -0.1) is 0 Å². The van der Waals surface area contributed by atoms with Crippen LogP contribution < -0.4 is 5.32 Å². The van der Waals surface area contributed by atoms with Crippen LogP contribution in [0.25, 0.3) is 6.08 Å². The highest BCUT2D eigenvalue weighted by molar-refractivity contribution is 6.31. The zero-order valence-corrected chi connectivity index (χ0v) is 14.8. The molecular weight excluding hydrogens is 318 g/mol. The molecule has 1 amide bonds. The summed E-state index contributed by atoms with van der Waals surface area (Å²) in [6.45, 7) is 7.18. The molecule has 0 aliphatic rings. The largest absolute Gasteiger partial charge is 0.469 e. The Balaban J connectivity index is 2.55. The van der Waals surface area contributed by atoms with Gasteiger partial charge in [-0.2, -0.15) is 5.10 Å². The van der Waals surface area contributed by atoms with Crippen molar-refractivity contribution >= 4 is 29.6 Å². The van der Waals surface area contributed by atoms with Gasteiger partial charge in [0, 0.05) is 31.1 Å². The average Bonchev–Trinajstić information content (AvgIpc) is 2.75. The fourth-order valence-corrected chi connectivity index (χ4v) is 2.29. The molecular formula is C16H24ClN3O3. The van der Waals surface area contributed by atoms with Gasteiger partial charge in [0.1, 0.15) is 5.15 Å². The van der Waals surface area contributed by atoms with Crippen molar-refractivity contribution in [3.05, 3.63) is 22.5 Å². The van der Waals surface area contributed by atoms with Crippen molar-refractivity contribution < 1.29 is 14.3 Å². The molecule has 6 nitrogen and oxygen atoms in total. The van der Waals surface area contributed by atoms with Gasteiger partial charge in [0.25, 0.3) is 0 Å². The van der Waals surface area contributed by atoms with Gasteiger partial charge in [0.15, 0.2) is 0 Å². The lowest BCUT2D eigenvalue weighted by molar-refractivity contribution is -0.140. The number of aromatic nitrogens is 2. The number of carbonyl (C=O) groups is 2. The maximum absolute atomic E-state index is 11.8. The van der Waals surface area contributed by atoms with Crippen molar-refractivity contribution in [1.29, 1.82) is 0 Å². The van der Waals surface area contributed by atoms with Gasteiger partial charge in [0.2, 0.25) is 5.91 Å². The van der Waals surface area contributed by atoms with E-state index in [0.717, 1.165) is 17.8 Å². The summed E-state index contributed by atoms with van der Waals surface area (Å²) in [5.74, 6) is -0.0848. The maximum atomic E-state index is 11.8. The first kappa shape index (κ1) is 19.2. The number of nitrogens with one attached hydrogen (secondary N) is 1. The zero-order chi connectivity index (χ0) is 17.4. The highest BCUT2D eigenvalue weighted by Crippen LogP contribution is 2.22. The van der Waals surface area contributed by atoms with Gasteiger partial charge in [-0.3, -0.25) is 14.3 Å². The number of hydrogen-bond donors (Lipinski definition) is 1. The van der Waals surface area contributed by atoms with E-state index < -0.39 is 0 Å². The average molecular weight is 342 g/mol. The number of methoxy groups -OCH3 is 1. The fraction of sp³-hybridized carbons (Fsp3) is 0.562. The quantitative estimate of drug-likeness (QED) is 0.448. The highest BCUT2D eigenvalue weighted by atomic mass is 35.5. The summed E-state index contributed by atoms with van der Waals surface area (Å²) in [4.78, 5) is 22.7. The lowest BCUT2D eigenvalue weighted by Crippen LogP contribution is -2.22. The molecule has 0 atom stereocenters. The van der Waals surface area contributed by atoms with E-state index in [0.29, 0.717) is 24.0 Å². The molecule has 0 spiro atoms. The lowest BCUT2D eigenvalue weighted by Gasteiger charge is -2.05. The van der Waals surface area contributed by atoms with Crippen molar-refractivity contribution in [2.24, 2.45) is 5.92 Å². The molecule has 1 heterocycles. The summed E-state index contributed by atoms with van der Waals surface area (Å²) < 4.78 is 6.27. The monoisotopic (exact) mass is 341 g/mol. The van der Waals surface area contributed by atoms with Crippen LogP contribution in [0.4, 0.5) is 0 Å². The van der Waals surface area contributed by atoms with Crippen LogP contribution >= 0.6 is 11.6 Å². The Morgan fingerprint density at radius 1 is 1.43 bits per heavy atom. The molecule has 1 aromatic rings. The van der Waals surface area contributed by atoms with E-state index in [1.165, 1.54) is 13.2 Å². The van der Waals surface area contributed by atoms with Crippen LogP contribution in [-0.4, -0.2) is 35.3 Å². The number of halogens is 1. The Morgan fingerprint density at radius 3 is 2.74 bits per heavy atom. The third kappa shape index (κ3) is 6.44. The van der Waals surface area contributed by atoms with Gasteiger partial charge < -0.3 is 10.1 Å². The minimum absolute atomic E-state index is 0.234. The number of hydrogen-bond acceptors (Lipinski definition) is 4. The molecule has 7 heteroatoms. The minimum Gasteiger partial charge on any atom is -0.469 e. The van der Waals surface area contributed by atoms with Crippen LogP contribution in [-0.2, 0) is 20.9 Å². The summed E-state index contributed by atoms with van der Waals surface area (Å²) in [5.41, 5.74) is 1.53. The molecule has 0 aliphatic carbocycles. The summed E-state index contributed by atoms with van der Waals surface area (Å²) in [6.07, 6.45) is 3.91. The first-order valence-electron chi connectivity index (χ1n) is 7.60. The molecule has 1 aromatic heterocycles. The maximum Gasteiger partial charge on any atom is 0.305 e. The Labute approximate surface area is 141 Å². The molecule has 0 radical (unpaired) electrons. The van der Waals surface area contributed by atoms with Gasteiger partial charge >= 0.3 is 5.97 Å². The van der Waals surface area contributed by atoms with E-state index >= 15 is 0 Å². The van der Waals surface area contributed by atoms with E-state index in [9.17, 15) is 9.59 Å². The van der Waals surface area contributed by atoms with Crippen LogP contribution in [0.5, 0.6) is 0 Å². The van der Waals surface area contributed by atoms with Gasteiger partial charge in [-0.25, -0.2) is 0 Å². The normalized spacial score (nSPS) is 11.2. The molecule has 0 saturated heterocycles. The molecule has 128 valence electrons. The number of esters is 1. The van der Waals surface area contributed by atoms with Crippen LogP contribution in [0, 0.1) is 12.8 Å².